The third kappa shape index (κ3) is 3.69. The van der Waals surface area contributed by atoms with Crippen LogP contribution in [0.2, 0.25) is 0 Å². The number of halogens is 4. The molecular weight excluding hydrogens is 303 g/mol. The Morgan fingerprint density at radius 2 is 2.24 bits per heavy atom. The number of carbonyl (C=O) groups excluding carboxylic acids is 1. The zero-order valence-corrected chi connectivity index (χ0v) is 10.4. The van der Waals surface area contributed by atoms with E-state index in [1.165, 1.54) is 0 Å². The number of rotatable bonds is 4. The molecule has 0 amide bonds. The lowest BCUT2D eigenvalue weighted by Gasteiger charge is -2.10. The molecule has 7 heteroatoms. The van der Waals surface area contributed by atoms with Crippen LogP contribution in [-0.4, -0.2) is 17.6 Å². The third-order valence-corrected chi connectivity index (χ3v) is 2.59. The fraction of sp³-hybridized carbons (Fsp3) is 0.400. The molecule has 0 bridgehead atoms. The fourth-order valence-corrected chi connectivity index (χ4v) is 1.79. The molecule has 0 aliphatic rings. The number of carbonyl (C=O) groups is 1. The molecule has 0 aliphatic heterocycles. The Balaban J connectivity index is 3.08. The predicted octanol–water partition coefficient (Wildman–Crippen LogP) is 3.03. The summed E-state index contributed by atoms with van der Waals surface area (Å²) in [5, 5.41) is 0. The van der Waals surface area contributed by atoms with E-state index in [1.54, 1.807) is 6.92 Å². The van der Waals surface area contributed by atoms with Crippen molar-refractivity contribution in [2.75, 3.05) is 6.61 Å². The molecular formula is C10H9BrF3NO2. The predicted molar refractivity (Wildman–Crippen MR) is 57.2 cm³/mol. The Kier molecular flexibility index (Phi) is 4.92. The summed E-state index contributed by atoms with van der Waals surface area (Å²) in [5.41, 5.74) is -0.614. The van der Waals surface area contributed by atoms with Gasteiger partial charge in [-0.05, 0) is 22.9 Å². The molecule has 3 nitrogen and oxygen atoms in total. The lowest BCUT2D eigenvalue weighted by atomic mass is 10.1. The van der Waals surface area contributed by atoms with Crippen LogP contribution in [0.4, 0.5) is 13.2 Å². The molecule has 1 aromatic rings. The molecule has 0 aromatic carbocycles. The Bertz CT molecular complexity index is 426. The highest BCUT2D eigenvalue weighted by Crippen LogP contribution is 2.28. The number of hydrogen-bond donors (Lipinski definition) is 0. The number of hydrogen-bond acceptors (Lipinski definition) is 3. The van der Waals surface area contributed by atoms with Gasteiger partial charge in [0.1, 0.15) is 4.60 Å². The smallest absolute Gasteiger partial charge is 0.310 e. The average Bonchev–Trinajstić information content (AvgIpc) is 2.21. The van der Waals surface area contributed by atoms with E-state index in [-0.39, 0.29) is 23.2 Å². The Morgan fingerprint density at radius 1 is 1.59 bits per heavy atom. The Morgan fingerprint density at radius 3 is 2.76 bits per heavy atom. The molecule has 94 valence electrons. The number of pyridine rings is 1. The number of esters is 1. The first-order valence-corrected chi connectivity index (χ1v) is 5.53. The van der Waals surface area contributed by atoms with Crippen LogP contribution in [0.15, 0.2) is 10.7 Å². The van der Waals surface area contributed by atoms with Crippen molar-refractivity contribution in [3.05, 3.63) is 27.7 Å². The number of ether oxygens (including phenoxy) is 1. The minimum absolute atomic E-state index is 0.0557. The Hall–Kier alpha value is -1.11. The van der Waals surface area contributed by atoms with Crippen LogP contribution >= 0.6 is 15.9 Å². The van der Waals surface area contributed by atoms with Gasteiger partial charge >= 0.3 is 5.97 Å². The largest absolute Gasteiger partial charge is 0.466 e. The summed E-state index contributed by atoms with van der Waals surface area (Å²) >= 11 is 2.85. The van der Waals surface area contributed by atoms with Gasteiger partial charge in [-0.15, -0.1) is 0 Å². The highest BCUT2D eigenvalue weighted by molar-refractivity contribution is 9.10. The fourth-order valence-electron chi connectivity index (χ4n) is 1.25. The molecule has 1 aromatic heterocycles. The van der Waals surface area contributed by atoms with Crippen molar-refractivity contribution in [3.8, 4) is 0 Å². The molecule has 0 saturated heterocycles. The van der Waals surface area contributed by atoms with Crippen molar-refractivity contribution in [1.29, 1.82) is 0 Å². The van der Waals surface area contributed by atoms with Gasteiger partial charge in [-0.25, -0.2) is 13.8 Å². The lowest BCUT2D eigenvalue weighted by Crippen LogP contribution is -2.11. The van der Waals surface area contributed by atoms with Crippen molar-refractivity contribution in [2.24, 2.45) is 0 Å². The lowest BCUT2D eigenvalue weighted by molar-refractivity contribution is -0.142. The van der Waals surface area contributed by atoms with Crippen LogP contribution in [-0.2, 0) is 16.0 Å². The molecule has 0 unspecified atom stereocenters. The minimum atomic E-state index is -2.88. The normalized spacial score (nSPS) is 10.7. The highest BCUT2D eigenvalue weighted by atomic mass is 79.9. The molecule has 1 heterocycles. The molecule has 0 atom stereocenters. The van der Waals surface area contributed by atoms with E-state index in [0.29, 0.717) is 6.07 Å². The average molecular weight is 312 g/mol. The van der Waals surface area contributed by atoms with Crippen LogP contribution in [0.5, 0.6) is 0 Å². The van der Waals surface area contributed by atoms with Crippen LogP contribution in [0.1, 0.15) is 24.5 Å². The van der Waals surface area contributed by atoms with Crippen molar-refractivity contribution >= 4 is 21.9 Å². The van der Waals surface area contributed by atoms with Gasteiger partial charge < -0.3 is 4.74 Å². The summed E-state index contributed by atoms with van der Waals surface area (Å²) in [7, 11) is 0. The number of alkyl halides is 2. The molecule has 0 aliphatic carbocycles. The maximum Gasteiger partial charge on any atom is 0.310 e. The summed E-state index contributed by atoms with van der Waals surface area (Å²) in [6, 6.07) is 0.615. The SMILES string of the molecule is CCOC(=O)Cc1c(C(F)F)cc(F)nc1Br. The maximum atomic E-state index is 12.9. The first-order valence-electron chi connectivity index (χ1n) is 4.74. The van der Waals surface area contributed by atoms with Gasteiger partial charge in [-0.1, -0.05) is 0 Å². The molecule has 0 radical (unpaired) electrons. The van der Waals surface area contributed by atoms with Gasteiger partial charge in [0.15, 0.2) is 0 Å². The number of nitrogens with zero attached hydrogens (tertiary/aromatic N) is 1. The zero-order chi connectivity index (χ0) is 13.0. The zero-order valence-electron chi connectivity index (χ0n) is 8.84. The van der Waals surface area contributed by atoms with E-state index in [9.17, 15) is 18.0 Å². The molecule has 17 heavy (non-hydrogen) atoms. The van der Waals surface area contributed by atoms with Crippen molar-refractivity contribution in [1.82, 2.24) is 4.98 Å². The van der Waals surface area contributed by atoms with Gasteiger partial charge in [0.25, 0.3) is 6.43 Å². The monoisotopic (exact) mass is 311 g/mol. The first-order chi connectivity index (χ1) is 7.95. The Labute approximate surface area is 104 Å². The van der Waals surface area contributed by atoms with E-state index in [4.69, 9.17) is 0 Å². The van der Waals surface area contributed by atoms with Crippen molar-refractivity contribution in [3.63, 3.8) is 0 Å². The molecule has 1 rings (SSSR count). The second-order valence-electron chi connectivity index (χ2n) is 3.09. The summed E-state index contributed by atoms with van der Waals surface area (Å²) < 4.78 is 42.7. The van der Waals surface area contributed by atoms with Crippen LogP contribution in [0.25, 0.3) is 0 Å². The van der Waals surface area contributed by atoms with Gasteiger partial charge in [0.05, 0.1) is 13.0 Å². The molecule has 0 saturated carbocycles. The second kappa shape index (κ2) is 6.00. The third-order valence-electron chi connectivity index (χ3n) is 1.94. The summed E-state index contributed by atoms with van der Waals surface area (Å²) in [5.74, 6) is -1.69. The van der Waals surface area contributed by atoms with E-state index in [2.05, 4.69) is 25.7 Å². The first kappa shape index (κ1) is 14.0. The van der Waals surface area contributed by atoms with Crippen LogP contribution in [0.3, 0.4) is 0 Å². The van der Waals surface area contributed by atoms with E-state index in [1.807, 2.05) is 0 Å². The van der Waals surface area contributed by atoms with Gasteiger partial charge in [0.2, 0.25) is 5.95 Å². The van der Waals surface area contributed by atoms with E-state index in [0.717, 1.165) is 0 Å². The quantitative estimate of drug-likeness (QED) is 0.634. The molecule has 0 fully saturated rings. The molecule has 0 spiro atoms. The molecule has 0 N–H and O–H groups in total. The van der Waals surface area contributed by atoms with Gasteiger partial charge in [-0.2, -0.15) is 4.39 Å². The standard InChI is InChI=1S/C10H9BrF3NO2/c1-2-17-8(16)4-5-6(10(13)14)3-7(12)15-9(5)11/h3,10H,2,4H2,1H3. The van der Waals surface area contributed by atoms with E-state index < -0.39 is 23.9 Å². The van der Waals surface area contributed by atoms with Crippen molar-refractivity contribution < 1.29 is 22.7 Å². The number of aromatic nitrogens is 1. The van der Waals surface area contributed by atoms with E-state index >= 15 is 0 Å². The summed E-state index contributed by atoms with van der Waals surface area (Å²) in [6.07, 6.45) is -3.25. The van der Waals surface area contributed by atoms with Gasteiger partial charge in [-0.3, -0.25) is 4.79 Å². The summed E-state index contributed by atoms with van der Waals surface area (Å²) in [6.45, 7) is 1.75. The second-order valence-corrected chi connectivity index (χ2v) is 3.84. The maximum absolute atomic E-state index is 12.9. The van der Waals surface area contributed by atoms with Crippen LogP contribution in [0, 0.1) is 5.95 Å². The topological polar surface area (TPSA) is 39.2 Å². The van der Waals surface area contributed by atoms with Crippen LogP contribution < -0.4 is 0 Å². The van der Waals surface area contributed by atoms with Crippen molar-refractivity contribution in [2.45, 2.75) is 19.8 Å². The minimum Gasteiger partial charge on any atom is -0.466 e. The summed E-state index contributed by atoms with van der Waals surface area (Å²) in [4.78, 5) is 14.6. The highest BCUT2D eigenvalue weighted by Gasteiger charge is 2.21. The van der Waals surface area contributed by atoms with Gasteiger partial charge in [0, 0.05) is 17.2 Å².